The number of aromatic nitrogens is 2. The first-order chi connectivity index (χ1) is 8.75. The Kier molecular flexibility index (Phi) is 2.91. The molecule has 1 amide bonds. The summed E-state index contributed by atoms with van der Waals surface area (Å²) >= 11 is 1.70. The Morgan fingerprint density at radius 2 is 2.44 bits per heavy atom. The van der Waals surface area contributed by atoms with E-state index in [1.54, 1.807) is 17.5 Å². The van der Waals surface area contributed by atoms with Crippen LogP contribution in [0.3, 0.4) is 0 Å². The molecule has 0 unspecified atom stereocenters. The van der Waals surface area contributed by atoms with Crippen molar-refractivity contribution in [2.75, 3.05) is 0 Å². The maximum atomic E-state index is 12.5. The predicted molar refractivity (Wildman–Crippen MR) is 70.5 cm³/mol. The van der Waals surface area contributed by atoms with Crippen LogP contribution in [0.5, 0.6) is 0 Å². The second kappa shape index (κ2) is 4.57. The highest BCUT2D eigenvalue weighted by atomic mass is 32.1. The van der Waals surface area contributed by atoms with Gasteiger partial charge in [-0.05, 0) is 31.2 Å². The van der Waals surface area contributed by atoms with Crippen molar-refractivity contribution in [3.05, 3.63) is 39.8 Å². The fraction of sp³-hybridized carbons (Fsp3) is 0.385. The molecule has 0 aliphatic heterocycles. The molecule has 0 bridgehead atoms. The number of nitrogens with zero attached hydrogens (tertiary/aromatic N) is 2. The van der Waals surface area contributed by atoms with Crippen LogP contribution < -0.4 is 0 Å². The number of amides is 1. The van der Waals surface area contributed by atoms with Crippen LogP contribution in [0.25, 0.3) is 0 Å². The molecule has 0 spiro atoms. The van der Waals surface area contributed by atoms with Crippen molar-refractivity contribution >= 4 is 17.2 Å². The second-order valence-electron chi connectivity index (χ2n) is 4.65. The molecule has 4 nitrogen and oxygen atoms in total. The fourth-order valence-electron chi connectivity index (χ4n) is 2.04. The topological polar surface area (TPSA) is 49.0 Å². The molecular formula is C13H15N3OS. The molecule has 1 N–H and O–H groups in total. The Labute approximate surface area is 110 Å². The first kappa shape index (κ1) is 11.5. The molecule has 0 radical (unpaired) electrons. The molecule has 1 aliphatic carbocycles. The Bertz CT molecular complexity index is 542. The quantitative estimate of drug-likeness (QED) is 0.919. The summed E-state index contributed by atoms with van der Waals surface area (Å²) < 4.78 is 0. The van der Waals surface area contributed by atoms with E-state index in [4.69, 9.17) is 0 Å². The number of nitrogens with one attached hydrogen (secondary N) is 1. The zero-order chi connectivity index (χ0) is 12.5. The minimum Gasteiger partial charge on any atom is -0.330 e. The van der Waals surface area contributed by atoms with Gasteiger partial charge in [0.05, 0.1) is 18.3 Å². The van der Waals surface area contributed by atoms with Gasteiger partial charge in [0.2, 0.25) is 0 Å². The summed E-state index contributed by atoms with van der Waals surface area (Å²) in [4.78, 5) is 15.7. The molecule has 1 fully saturated rings. The Morgan fingerprint density at radius 3 is 3.00 bits per heavy atom. The van der Waals surface area contributed by atoms with E-state index in [0.717, 1.165) is 18.5 Å². The number of H-pyrrole nitrogens is 1. The van der Waals surface area contributed by atoms with E-state index in [1.165, 1.54) is 4.88 Å². The molecule has 1 saturated carbocycles. The number of carbonyl (C=O) groups excluding carboxylic acids is 1. The molecule has 2 aromatic heterocycles. The van der Waals surface area contributed by atoms with Gasteiger partial charge in [0.1, 0.15) is 0 Å². The summed E-state index contributed by atoms with van der Waals surface area (Å²) in [5.74, 6) is 0.0946. The number of carbonyl (C=O) groups is 1. The largest absolute Gasteiger partial charge is 0.330 e. The summed E-state index contributed by atoms with van der Waals surface area (Å²) in [6.07, 6.45) is 3.86. The van der Waals surface area contributed by atoms with Gasteiger partial charge in [0.25, 0.3) is 5.91 Å². The molecule has 5 heteroatoms. The first-order valence-electron chi connectivity index (χ1n) is 6.09. The summed E-state index contributed by atoms with van der Waals surface area (Å²) in [6, 6.07) is 4.52. The van der Waals surface area contributed by atoms with Crippen LogP contribution in [-0.2, 0) is 6.54 Å². The summed E-state index contributed by atoms with van der Waals surface area (Å²) in [5.41, 5.74) is 1.54. The van der Waals surface area contributed by atoms with Crippen molar-refractivity contribution < 1.29 is 4.79 Å². The van der Waals surface area contributed by atoms with Crippen LogP contribution in [0.4, 0.5) is 0 Å². The van der Waals surface area contributed by atoms with Crippen LogP contribution in [0.1, 0.15) is 33.8 Å². The molecule has 0 saturated heterocycles. The summed E-state index contributed by atoms with van der Waals surface area (Å²) in [5, 5.41) is 8.81. The lowest BCUT2D eigenvalue weighted by Crippen LogP contribution is -2.32. The maximum absolute atomic E-state index is 12.5. The van der Waals surface area contributed by atoms with Gasteiger partial charge in [-0.2, -0.15) is 5.10 Å². The SMILES string of the molecule is Cc1[nH]ncc1C(=O)N(Cc1cccs1)C1CC1. The highest BCUT2D eigenvalue weighted by molar-refractivity contribution is 7.09. The van der Waals surface area contributed by atoms with Crippen molar-refractivity contribution in [1.82, 2.24) is 15.1 Å². The van der Waals surface area contributed by atoms with Crippen LogP contribution in [0, 0.1) is 6.92 Å². The van der Waals surface area contributed by atoms with Crippen molar-refractivity contribution in [2.24, 2.45) is 0 Å². The number of aromatic amines is 1. The van der Waals surface area contributed by atoms with Gasteiger partial charge in [-0.25, -0.2) is 0 Å². The van der Waals surface area contributed by atoms with Crippen molar-refractivity contribution in [3.63, 3.8) is 0 Å². The lowest BCUT2D eigenvalue weighted by molar-refractivity contribution is 0.0731. The van der Waals surface area contributed by atoms with Crippen molar-refractivity contribution in [3.8, 4) is 0 Å². The molecule has 18 heavy (non-hydrogen) atoms. The van der Waals surface area contributed by atoms with E-state index < -0.39 is 0 Å². The Balaban J connectivity index is 1.82. The molecule has 3 rings (SSSR count). The van der Waals surface area contributed by atoms with Gasteiger partial charge in [-0.1, -0.05) is 6.07 Å². The highest BCUT2D eigenvalue weighted by Gasteiger charge is 2.34. The first-order valence-corrected chi connectivity index (χ1v) is 6.97. The van der Waals surface area contributed by atoms with Gasteiger partial charge in [-0.3, -0.25) is 9.89 Å². The lowest BCUT2D eigenvalue weighted by Gasteiger charge is -2.21. The van der Waals surface area contributed by atoms with Crippen molar-refractivity contribution in [1.29, 1.82) is 0 Å². The number of aryl methyl sites for hydroxylation is 1. The second-order valence-corrected chi connectivity index (χ2v) is 5.68. The van der Waals surface area contributed by atoms with E-state index in [9.17, 15) is 4.79 Å². The molecule has 0 atom stereocenters. The minimum atomic E-state index is 0.0946. The van der Waals surface area contributed by atoms with Gasteiger partial charge >= 0.3 is 0 Å². The third kappa shape index (κ3) is 2.18. The van der Waals surface area contributed by atoms with E-state index in [-0.39, 0.29) is 5.91 Å². The summed E-state index contributed by atoms with van der Waals surface area (Å²) in [6.45, 7) is 2.60. The van der Waals surface area contributed by atoms with Crippen LogP contribution >= 0.6 is 11.3 Å². The molecule has 2 heterocycles. The van der Waals surface area contributed by atoms with Crippen LogP contribution in [0.15, 0.2) is 23.7 Å². The normalized spacial score (nSPS) is 14.7. The minimum absolute atomic E-state index is 0.0946. The van der Waals surface area contributed by atoms with E-state index in [0.29, 0.717) is 18.2 Å². The van der Waals surface area contributed by atoms with Gasteiger partial charge in [0.15, 0.2) is 0 Å². The highest BCUT2D eigenvalue weighted by Crippen LogP contribution is 2.30. The Hall–Kier alpha value is -1.62. The van der Waals surface area contributed by atoms with Gasteiger partial charge in [-0.15, -0.1) is 11.3 Å². The fourth-order valence-corrected chi connectivity index (χ4v) is 2.75. The molecule has 2 aromatic rings. The zero-order valence-electron chi connectivity index (χ0n) is 10.2. The lowest BCUT2D eigenvalue weighted by atomic mass is 10.2. The molecule has 1 aliphatic rings. The number of thiophene rings is 1. The predicted octanol–water partition coefficient (Wildman–Crippen LogP) is 2.58. The summed E-state index contributed by atoms with van der Waals surface area (Å²) in [7, 11) is 0. The van der Waals surface area contributed by atoms with Crippen LogP contribution in [0.2, 0.25) is 0 Å². The molecular weight excluding hydrogens is 246 g/mol. The van der Waals surface area contributed by atoms with E-state index in [2.05, 4.69) is 16.3 Å². The van der Waals surface area contributed by atoms with E-state index in [1.807, 2.05) is 23.3 Å². The van der Waals surface area contributed by atoms with E-state index >= 15 is 0 Å². The number of rotatable bonds is 4. The smallest absolute Gasteiger partial charge is 0.257 e. The third-order valence-corrected chi connectivity index (χ3v) is 4.08. The average Bonchev–Trinajstić information content (AvgIpc) is 2.89. The van der Waals surface area contributed by atoms with Gasteiger partial charge < -0.3 is 4.90 Å². The average molecular weight is 261 g/mol. The van der Waals surface area contributed by atoms with Crippen molar-refractivity contribution in [2.45, 2.75) is 32.4 Å². The number of hydrogen-bond acceptors (Lipinski definition) is 3. The third-order valence-electron chi connectivity index (χ3n) is 3.22. The number of hydrogen-bond donors (Lipinski definition) is 1. The molecule has 94 valence electrons. The van der Waals surface area contributed by atoms with Gasteiger partial charge in [0, 0.05) is 16.6 Å². The zero-order valence-corrected chi connectivity index (χ0v) is 11.0. The van der Waals surface area contributed by atoms with Crippen LogP contribution in [-0.4, -0.2) is 27.0 Å². The molecule has 0 aromatic carbocycles. The monoisotopic (exact) mass is 261 g/mol. The Morgan fingerprint density at radius 1 is 1.61 bits per heavy atom. The maximum Gasteiger partial charge on any atom is 0.257 e. The standard InChI is InChI=1S/C13H15N3OS/c1-9-12(7-14-15-9)13(17)16(10-4-5-10)8-11-3-2-6-18-11/h2-3,6-7,10H,4-5,8H2,1H3,(H,14,15).